The van der Waals surface area contributed by atoms with Crippen LogP contribution in [0.3, 0.4) is 0 Å². The van der Waals surface area contributed by atoms with Gasteiger partial charge in [0.05, 0.1) is 13.1 Å². The van der Waals surface area contributed by atoms with E-state index in [4.69, 9.17) is 0 Å². The van der Waals surface area contributed by atoms with Gasteiger partial charge in [-0.25, -0.2) is 0 Å². The Bertz CT molecular complexity index is 1350. The number of fused-ring (bicyclic) bond motifs is 1. The normalized spacial score (nSPS) is 24.4. The minimum absolute atomic E-state index is 0.0344. The molecular formula is C30H36N6O7. The fourth-order valence-electron chi connectivity index (χ4n) is 5.08. The minimum Gasteiger partial charge on any atom is -0.508 e. The first-order valence-corrected chi connectivity index (χ1v) is 14.2. The van der Waals surface area contributed by atoms with Crippen LogP contribution < -0.4 is 26.6 Å². The summed E-state index contributed by atoms with van der Waals surface area (Å²) in [6.07, 6.45) is 1.06. The van der Waals surface area contributed by atoms with Crippen molar-refractivity contribution in [2.45, 2.75) is 56.8 Å². The highest BCUT2D eigenvalue weighted by Gasteiger charge is 2.37. The van der Waals surface area contributed by atoms with E-state index in [2.05, 4.69) is 26.6 Å². The Balaban J connectivity index is 1.64. The Hall–Kier alpha value is -4.94. The first kappa shape index (κ1) is 31.0. The summed E-state index contributed by atoms with van der Waals surface area (Å²) in [4.78, 5) is 79.8. The monoisotopic (exact) mass is 592 g/mol. The van der Waals surface area contributed by atoms with Gasteiger partial charge in [-0.3, -0.25) is 28.8 Å². The highest BCUT2D eigenvalue weighted by atomic mass is 16.3. The van der Waals surface area contributed by atoms with E-state index in [9.17, 15) is 33.9 Å². The topological polar surface area (TPSA) is 186 Å². The molecule has 2 heterocycles. The standard InChI is InChI=1S/C30H36N6O7/c1-18-27(40)32-17-26(39)36-13-5-8-24(36)30(43)35-23(15-20-9-11-21(37)12-10-20)29(42)34-22(14-19-6-3-2-4-7-19)28(41)31-16-25(38)33-18/h2-4,6-7,9-12,18,22-24,37H,5,8,13-17H2,1H3,(H,31,41)(H,32,40)(H,33,38)(H,34,42)(H,35,43)/t18-,22-,23-,24-/m0/s1. The Labute approximate surface area is 248 Å². The van der Waals surface area contributed by atoms with Gasteiger partial charge >= 0.3 is 0 Å². The number of phenolic OH excluding ortho intramolecular Hbond substituents is 1. The lowest BCUT2D eigenvalue weighted by atomic mass is 10.0. The molecule has 2 aromatic carbocycles. The van der Waals surface area contributed by atoms with Gasteiger partial charge in [0.15, 0.2) is 0 Å². The Kier molecular flexibility index (Phi) is 10.3. The molecular weight excluding hydrogens is 556 g/mol. The Morgan fingerprint density at radius 1 is 0.721 bits per heavy atom. The van der Waals surface area contributed by atoms with E-state index < -0.39 is 66.2 Å². The number of nitrogens with one attached hydrogen (secondary N) is 5. The van der Waals surface area contributed by atoms with E-state index in [1.54, 1.807) is 36.4 Å². The van der Waals surface area contributed by atoms with Crippen LogP contribution in [0.2, 0.25) is 0 Å². The highest BCUT2D eigenvalue weighted by molar-refractivity contribution is 5.97. The van der Waals surface area contributed by atoms with Crippen molar-refractivity contribution in [2.75, 3.05) is 19.6 Å². The van der Waals surface area contributed by atoms with Crippen LogP contribution in [0.4, 0.5) is 0 Å². The zero-order valence-corrected chi connectivity index (χ0v) is 23.8. The van der Waals surface area contributed by atoms with E-state index in [0.717, 1.165) is 5.56 Å². The average molecular weight is 593 g/mol. The summed E-state index contributed by atoms with van der Waals surface area (Å²) in [7, 11) is 0. The van der Waals surface area contributed by atoms with Gasteiger partial charge in [0, 0.05) is 19.4 Å². The van der Waals surface area contributed by atoms with Crippen molar-refractivity contribution in [2.24, 2.45) is 0 Å². The first-order chi connectivity index (χ1) is 20.6. The molecule has 0 saturated carbocycles. The van der Waals surface area contributed by atoms with Crippen molar-refractivity contribution in [3.05, 3.63) is 65.7 Å². The quantitative estimate of drug-likeness (QED) is 0.260. The number of amides is 6. The molecule has 6 amide bonds. The molecule has 0 radical (unpaired) electrons. The molecule has 4 rings (SSSR count). The molecule has 0 aromatic heterocycles. The van der Waals surface area contributed by atoms with Gasteiger partial charge in [-0.15, -0.1) is 0 Å². The largest absolute Gasteiger partial charge is 0.508 e. The second kappa shape index (κ2) is 14.3. The Morgan fingerprint density at radius 3 is 2.02 bits per heavy atom. The zero-order valence-electron chi connectivity index (χ0n) is 23.8. The van der Waals surface area contributed by atoms with E-state index >= 15 is 0 Å². The smallest absolute Gasteiger partial charge is 0.243 e. The van der Waals surface area contributed by atoms with Crippen LogP contribution in [0, 0.1) is 0 Å². The maximum absolute atomic E-state index is 13.7. The minimum atomic E-state index is -1.14. The number of nitrogens with zero attached hydrogens (tertiary/aromatic N) is 1. The predicted molar refractivity (Wildman–Crippen MR) is 154 cm³/mol. The lowest BCUT2D eigenvalue weighted by Crippen LogP contribution is -2.58. The van der Waals surface area contributed by atoms with Crippen molar-refractivity contribution in [1.82, 2.24) is 31.5 Å². The fourth-order valence-corrected chi connectivity index (χ4v) is 5.08. The second-order valence-electron chi connectivity index (χ2n) is 10.7. The fraction of sp³-hybridized carbons (Fsp3) is 0.400. The third-order valence-corrected chi connectivity index (χ3v) is 7.41. The third kappa shape index (κ3) is 8.53. The summed E-state index contributed by atoms with van der Waals surface area (Å²) >= 11 is 0. The second-order valence-corrected chi connectivity index (χ2v) is 10.7. The number of carbonyl (C=O) groups excluding carboxylic acids is 6. The summed E-state index contributed by atoms with van der Waals surface area (Å²) in [6.45, 7) is 0.904. The molecule has 0 unspecified atom stereocenters. The molecule has 0 bridgehead atoms. The van der Waals surface area contributed by atoms with Crippen LogP contribution >= 0.6 is 0 Å². The van der Waals surface area contributed by atoms with E-state index in [1.165, 1.54) is 24.0 Å². The molecule has 2 saturated heterocycles. The van der Waals surface area contributed by atoms with Crippen molar-refractivity contribution in [3.8, 4) is 5.75 Å². The maximum Gasteiger partial charge on any atom is 0.243 e. The predicted octanol–water partition coefficient (Wildman–Crippen LogP) is -1.11. The van der Waals surface area contributed by atoms with E-state index in [0.29, 0.717) is 24.9 Å². The van der Waals surface area contributed by atoms with Crippen molar-refractivity contribution >= 4 is 35.4 Å². The number of hydrogen-bond acceptors (Lipinski definition) is 7. The van der Waals surface area contributed by atoms with Gasteiger partial charge in [-0.2, -0.15) is 0 Å². The molecule has 43 heavy (non-hydrogen) atoms. The molecule has 2 fully saturated rings. The molecule has 6 N–H and O–H groups in total. The van der Waals surface area contributed by atoms with Gasteiger partial charge in [-0.05, 0) is 43.0 Å². The number of rotatable bonds is 4. The molecule has 0 spiro atoms. The Morgan fingerprint density at radius 2 is 1.33 bits per heavy atom. The number of phenols is 1. The van der Waals surface area contributed by atoms with Crippen LogP contribution in [0.5, 0.6) is 5.75 Å². The van der Waals surface area contributed by atoms with E-state index in [-0.39, 0.29) is 25.1 Å². The molecule has 2 aromatic rings. The van der Waals surface area contributed by atoms with Crippen LogP contribution in [-0.2, 0) is 41.6 Å². The maximum atomic E-state index is 13.7. The third-order valence-electron chi connectivity index (χ3n) is 7.41. The van der Waals surface area contributed by atoms with Crippen LogP contribution in [-0.4, -0.2) is 89.3 Å². The van der Waals surface area contributed by atoms with Crippen LogP contribution in [0.25, 0.3) is 0 Å². The lowest BCUT2D eigenvalue weighted by molar-refractivity contribution is -0.140. The molecule has 13 nitrogen and oxygen atoms in total. The molecule has 4 atom stereocenters. The van der Waals surface area contributed by atoms with Gasteiger partial charge in [0.25, 0.3) is 0 Å². The number of aromatic hydroxyl groups is 1. The molecule has 13 heteroatoms. The summed E-state index contributed by atoms with van der Waals surface area (Å²) < 4.78 is 0. The van der Waals surface area contributed by atoms with Crippen LogP contribution in [0.1, 0.15) is 30.9 Å². The zero-order chi connectivity index (χ0) is 30.9. The van der Waals surface area contributed by atoms with Crippen molar-refractivity contribution in [1.29, 1.82) is 0 Å². The van der Waals surface area contributed by atoms with Crippen molar-refractivity contribution in [3.63, 3.8) is 0 Å². The first-order valence-electron chi connectivity index (χ1n) is 14.2. The molecule has 2 aliphatic rings. The molecule has 0 aliphatic carbocycles. The number of hydrogen-bond donors (Lipinski definition) is 6. The average Bonchev–Trinajstić information content (AvgIpc) is 3.49. The van der Waals surface area contributed by atoms with Crippen LogP contribution in [0.15, 0.2) is 54.6 Å². The van der Waals surface area contributed by atoms with Gasteiger partial charge in [0.1, 0.15) is 29.9 Å². The highest BCUT2D eigenvalue weighted by Crippen LogP contribution is 2.19. The van der Waals surface area contributed by atoms with Gasteiger partial charge in [0.2, 0.25) is 35.4 Å². The number of benzene rings is 2. The molecule has 2 aliphatic heterocycles. The van der Waals surface area contributed by atoms with Crippen molar-refractivity contribution < 1.29 is 33.9 Å². The SMILES string of the molecule is C[C@@H]1NC(=O)CNC(=O)[C@H](Cc2ccccc2)NC(=O)[C@H](Cc2ccc(O)cc2)NC(=O)[C@@H]2CCCN2C(=O)CNC1=O. The van der Waals surface area contributed by atoms with Gasteiger partial charge < -0.3 is 36.6 Å². The van der Waals surface area contributed by atoms with Gasteiger partial charge in [-0.1, -0.05) is 42.5 Å². The molecule has 228 valence electrons. The van der Waals surface area contributed by atoms with E-state index in [1.807, 2.05) is 6.07 Å². The summed E-state index contributed by atoms with van der Waals surface area (Å²) in [5.74, 6) is -3.48. The summed E-state index contributed by atoms with van der Waals surface area (Å²) in [5, 5.41) is 22.6. The number of carbonyl (C=O) groups is 6. The summed E-state index contributed by atoms with van der Waals surface area (Å²) in [6, 6.07) is 11.0. The summed E-state index contributed by atoms with van der Waals surface area (Å²) in [5.41, 5.74) is 1.39. The lowest BCUT2D eigenvalue weighted by Gasteiger charge is -2.28.